The first-order valence-corrected chi connectivity index (χ1v) is 28.2. The number of allylic oxidation sites excluding steroid dienone is 2. The maximum atomic E-state index is 12.7. The van der Waals surface area contributed by atoms with Crippen LogP contribution < -0.4 is 5.73 Å². The van der Waals surface area contributed by atoms with E-state index in [9.17, 15) is 19.0 Å². The van der Waals surface area contributed by atoms with Crippen LogP contribution in [0.1, 0.15) is 277 Å². The van der Waals surface area contributed by atoms with Crippen molar-refractivity contribution >= 4 is 19.8 Å². The first-order valence-electron chi connectivity index (χ1n) is 26.7. The summed E-state index contributed by atoms with van der Waals surface area (Å²) in [6.07, 6.45) is 54.0. The minimum atomic E-state index is -4.38. The molecular weight excluding hydrogens is 798 g/mol. The molecule has 0 heterocycles. The van der Waals surface area contributed by atoms with Crippen molar-refractivity contribution in [3.05, 3.63) is 12.2 Å². The van der Waals surface area contributed by atoms with Gasteiger partial charge >= 0.3 is 19.8 Å². The van der Waals surface area contributed by atoms with Gasteiger partial charge in [0.1, 0.15) is 6.61 Å². The summed E-state index contributed by atoms with van der Waals surface area (Å²) in [6.45, 7) is 3.79. The second-order valence-electron chi connectivity index (χ2n) is 18.1. The fourth-order valence-electron chi connectivity index (χ4n) is 7.93. The molecule has 3 N–H and O–H groups in total. The van der Waals surface area contributed by atoms with E-state index in [1.54, 1.807) is 0 Å². The van der Waals surface area contributed by atoms with Gasteiger partial charge in [0, 0.05) is 19.4 Å². The monoisotopic (exact) mass is 900 g/mol. The molecule has 0 bridgehead atoms. The summed E-state index contributed by atoms with van der Waals surface area (Å²) < 4.78 is 32.9. The topological polar surface area (TPSA) is 134 Å². The van der Waals surface area contributed by atoms with E-state index in [1.165, 1.54) is 212 Å². The summed E-state index contributed by atoms with van der Waals surface area (Å²) in [5.74, 6) is -0.811. The molecule has 2 unspecified atom stereocenters. The van der Waals surface area contributed by atoms with Crippen LogP contribution in [0.5, 0.6) is 0 Å². The molecule has 0 fully saturated rings. The second-order valence-corrected chi connectivity index (χ2v) is 19.6. The van der Waals surface area contributed by atoms with Crippen molar-refractivity contribution < 1.29 is 37.6 Å². The fourth-order valence-corrected chi connectivity index (χ4v) is 8.69. The van der Waals surface area contributed by atoms with Crippen LogP contribution in [-0.4, -0.2) is 49.3 Å². The van der Waals surface area contributed by atoms with Gasteiger partial charge in [0.2, 0.25) is 0 Å². The first kappa shape index (κ1) is 60.8. The van der Waals surface area contributed by atoms with Gasteiger partial charge in [-0.2, -0.15) is 0 Å². The predicted octanol–water partition coefficient (Wildman–Crippen LogP) is 16.1. The van der Waals surface area contributed by atoms with Crippen LogP contribution >= 0.6 is 7.82 Å². The molecule has 368 valence electrons. The lowest BCUT2D eigenvalue weighted by atomic mass is 10.0. The molecule has 62 heavy (non-hydrogen) atoms. The summed E-state index contributed by atoms with van der Waals surface area (Å²) >= 11 is 0. The number of esters is 2. The molecule has 0 aliphatic heterocycles. The Morgan fingerprint density at radius 2 is 0.790 bits per heavy atom. The van der Waals surface area contributed by atoms with Crippen molar-refractivity contribution in [3.63, 3.8) is 0 Å². The lowest BCUT2D eigenvalue weighted by Gasteiger charge is -2.19. The first-order chi connectivity index (χ1) is 30.3. The van der Waals surface area contributed by atoms with Crippen molar-refractivity contribution in [1.82, 2.24) is 0 Å². The highest BCUT2D eigenvalue weighted by Crippen LogP contribution is 2.43. The van der Waals surface area contributed by atoms with E-state index in [0.717, 1.165) is 32.1 Å². The minimum Gasteiger partial charge on any atom is -0.462 e. The maximum Gasteiger partial charge on any atom is 0.472 e. The number of nitrogens with two attached hydrogens (primary N) is 1. The van der Waals surface area contributed by atoms with Crippen LogP contribution in [0.3, 0.4) is 0 Å². The molecule has 0 aromatic rings. The SMILES string of the molecule is CCCCCCCCCC/C=C\CCCCCCCCCCCCCCCCCC(=O)OC(COC(=O)CCCCCCCCCCCCCCCC)COP(=O)(O)OCCN. The zero-order valence-corrected chi connectivity index (χ0v) is 41.8. The Kier molecular flexibility index (Phi) is 48.2. The molecule has 0 amide bonds. The minimum absolute atomic E-state index is 0.0571. The van der Waals surface area contributed by atoms with Crippen molar-refractivity contribution in [1.29, 1.82) is 0 Å². The summed E-state index contributed by atoms with van der Waals surface area (Å²) in [5, 5.41) is 0. The van der Waals surface area contributed by atoms with E-state index in [1.807, 2.05) is 0 Å². The quantitative estimate of drug-likeness (QED) is 0.0265. The zero-order chi connectivity index (χ0) is 45.3. The van der Waals surface area contributed by atoms with Crippen LogP contribution in [0.15, 0.2) is 12.2 Å². The number of hydrogen-bond acceptors (Lipinski definition) is 8. The predicted molar refractivity (Wildman–Crippen MR) is 261 cm³/mol. The highest BCUT2D eigenvalue weighted by molar-refractivity contribution is 7.47. The highest BCUT2D eigenvalue weighted by atomic mass is 31.2. The number of hydrogen-bond donors (Lipinski definition) is 2. The Morgan fingerprint density at radius 3 is 1.15 bits per heavy atom. The number of phosphoric acid groups is 1. The summed E-state index contributed by atoms with van der Waals surface area (Å²) in [5.41, 5.74) is 5.37. The number of unbranched alkanes of at least 4 members (excludes halogenated alkanes) is 36. The van der Waals surface area contributed by atoms with Gasteiger partial charge in [-0.05, 0) is 38.5 Å². The molecule has 2 atom stereocenters. The van der Waals surface area contributed by atoms with Gasteiger partial charge in [-0.3, -0.25) is 18.6 Å². The fraction of sp³-hybridized carbons (Fsp3) is 0.923. The zero-order valence-electron chi connectivity index (χ0n) is 40.9. The third-order valence-corrected chi connectivity index (χ3v) is 12.9. The van der Waals surface area contributed by atoms with E-state index in [0.29, 0.717) is 6.42 Å². The van der Waals surface area contributed by atoms with Gasteiger partial charge in [-0.25, -0.2) is 4.57 Å². The third kappa shape index (κ3) is 48.2. The average Bonchev–Trinajstić information content (AvgIpc) is 3.26. The van der Waals surface area contributed by atoms with Crippen molar-refractivity contribution in [2.24, 2.45) is 5.73 Å². The lowest BCUT2D eigenvalue weighted by Crippen LogP contribution is -2.29. The number of carbonyl (C=O) groups is 2. The normalized spacial score (nSPS) is 13.2. The van der Waals surface area contributed by atoms with Gasteiger partial charge in [0.15, 0.2) is 6.10 Å². The van der Waals surface area contributed by atoms with Crippen LogP contribution in [-0.2, 0) is 32.7 Å². The smallest absolute Gasteiger partial charge is 0.462 e. The Morgan fingerprint density at radius 1 is 0.468 bits per heavy atom. The van der Waals surface area contributed by atoms with E-state index in [-0.39, 0.29) is 38.6 Å². The van der Waals surface area contributed by atoms with E-state index in [4.69, 9.17) is 24.3 Å². The standard InChI is InChI=1S/C52H102NO8P/c1-3-5-7-9-11-13-15-17-19-20-21-22-23-24-25-26-27-28-29-30-31-33-35-37-39-41-43-45-52(55)61-50(49-60-62(56,57)59-47-46-53)48-58-51(54)44-42-40-38-36-34-32-18-16-14-12-10-8-6-4-2/h20-21,50H,3-19,22-49,53H2,1-2H3,(H,56,57)/b21-20-. The Labute approximate surface area is 383 Å². The molecule has 0 rings (SSSR count). The molecule has 9 nitrogen and oxygen atoms in total. The summed E-state index contributed by atoms with van der Waals surface area (Å²) in [6, 6.07) is 0. The van der Waals surface area contributed by atoms with Gasteiger partial charge in [-0.15, -0.1) is 0 Å². The summed E-state index contributed by atoms with van der Waals surface area (Å²) in [4.78, 5) is 35.0. The molecule has 0 aromatic carbocycles. The molecule has 0 saturated carbocycles. The number of phosphoric ester groups is 1. The molecule has 0 saturated heterocycles. The molecule has 0 spiro atoms. The van der Waals surface area contributed by atoms with Gasteiger partial charge in [-0.1, -0.05) is 238 Å². The Bertz CT molecular complexity index is 1030. The van der Waals surface area contributed by atoms with Crippen molar-refractivity contribution in [2.45, 2.75) is 283 Å². The van der Waals surface area contributed by atoms with E-state index < -0.39 is 26.5 Å². The molecule has 0 aliphatic rings. The van der Waals surface area contributed by atoms with Crippen LogP contribution in [0.4, 0.5) is 0 Å². The number of carbonyl (C=O) groups excluding carboxylic acids is 2. The highest BCUT2D eigenvalue weighted by Gasteiger charge is 2.26. The van der Waals surface area contributed by atoms with E-state index >= 15 is 0 Å². The second kappa shape index (κ2) is 49.2. The summed E-state index contributed by atoms with van der Waals surface area (Å²) in [7, 11) is -4.38. The van der Waals surface area contributed by atoms with Gasteiger partial charge < -0.3 is 20.1 Å². The molecule has 10 heteroatoms. The average molecular weight is 900 g/mol. The largest absolute Gasteiger partial charge is 0.472 e. The lowest BCUT2D eigenvalue weighted by molar-refractivity contribution is -0.161. The Hall–Kier alpha value is -1.25. The molecule has 0 aliphatic carbocycles. The third-order valence-electron chi connectivity index (χ3n) is 11.9. The van der Waals surface area contributed by atoms with Crippen molar-refractivity contribution in [3.8, 4) is 0 Å². The van der Waals surface area contributed by atoms with Gasteiger partial charge in [0.25, 0.3) is 0 Å². The number of rotatable bonds is 51. The van der Waals surface area contributed by atoms with Gasteiger partial charge in [0.05, 0.1) is 13.2 Å². The maximum absolute atomic E-state index is 12.7. The van der Waals surface area contributed by atoms with Crippen LogP contribution in [0.2, 0.25) is 0 Å². The van der Waals surface area contributed by atoms with Crippen LogP contribution in [0.25, 0.3) is 0 Å². The molecule has 0 radical (unpaired) electrons. The van der Waals surface area contributed by atoms with E-state index in [2.05, 4.69) is 26.0 Å². The van der Waals surface area contributed by atoms with Crippen molar-refractivity contribution in [2.75, 3.05) is 26.4 Å². The molecule has 0 aromatic heterocycles. The Balaban J connectivity index is 3.92. The number of ether oxygens (including phenoxy) is 2. The van der Waals surface area contributed by atoms with Crippen LogP contribution in [0, 0.1) is 0 Å². The molecular formula is C52H102NO8P.